The number of hydrogen-bond donors (Lipinski definition) is 3. The molecule has 0 heterocycles. The molecule has 2 aromatic carbocycles. The molecular weight excluding hydrogens is 432 g/mol. The van der Waals surface area contributed by atoms with Crippen molar-refractivity contribution in [3.05, 3.63) is 59.7 Å². The van der Waals surface area contributed by atoms with Gasteiger partial charge in [0.2, 0.25) is 5.91 Å². The molecule has 2 amide bonds. The molecule has 7 heteroatoms. The molecule has 7 nitrogen and oxygen atoms in total. The van der Waals surface area contributed by atoms with Gasteiger partial charge in [-0.1, -0.05) is 61.4 Å². The highest BCUT2D eigenvalue weighted by Crippen LogP contribution is 2.44. The lowest BCUT2D eigenvalue weighted by Crippen LogP contribution is -2.40. The molecule has 0 spiro atoms. The van der Waals surface area contributed by atoms with Crippen LogP contribution < -0.4 is 10.6 Å². The lowest BCUT2D eigenvalue weighted by molar-refractivity contribution is -0.142. The van der Waals surface area contributed by atoms with Crippen LogP contribution in [0.3, 0.4) is 0 Å². The Kier molecular flexibility index (Phi) is 7.83. The Bertz CT molecular complexity index is 992. The van der Waals surface area contributed by atoms with Crippen LogP contribution in [0, 0.1) is 5.92 Å². The molecule has 1 fully saturated rings. The fraction of sp³-hybridized carbons (Fsp3) is 0.444. The molecule has 2 aromatic rings. The topological polar surface area (TPSA) is 105 Å². The molecule has 0 saturated heterocycles. The van der Waals surface area contributed by atoms with Gasteiger partial charge in [0, 0.05) is 24.9 Å². The van der Waals surface area contributed by atoms with Gasteiger partial charge in [-0.05, 0) is 47.9 Å². The molecule has 180 valence electrons. The summed E-state index contributed by atoms with van der Waals surface area (Å²) in [6.45, 7) is 0.778. The highest BCUT2D eigenvalue weighted by Gasteiger charge is 2.33. The second-order valence-electron chi connectivity index (χ2n) is 9.11. The Morgan fingerprint density at radius 2 is 1.59 bits per heavy atom. The molecule has 2 aliphatic rings. The molecule has 1 saturated carbocycles. The van der Waals surface area contributed by atoms with Crippen LogP contribution in [0.25, 0.3) is 11.1 Å². The summed E-state index contributed by atoms with van der Waals surface area (Å²) in [7, 11) is 0. The van der Waals surface area contributed by atoms with E-state index in [2.05, 4.69) is 34.9 Å². The molecule has 0 radical (unpaired) electrons. The molecule has 2 aliphatic carbocycles. The van der Waals surface area contributed by atoms with Crippen LogP contribution in [0.15, 0.2) is 48.5 Å². The number of hydrogen-bond acceptors (Lipinski definition) is 4. The first-order chi connectivity index (χ1) is 16.5. The maximum Gasteiger partial charge on any atom is 0.407 e. The maximum absolute atomic E-state index is 12.2. The molecule has 34 heavy (non-hydrogen) atoms. The van der Waals surface area contributed by atoms with E-state index in [1.165, 1.54) is 22.3 Å². The number of carboxylic acid groups (broad SMARTS) is 1. The van der Waals surface area contributed by atoms with Crippen LogP contribution in [0.5, 0.6) is 0 Å². The number of aliphatic carboxylic acids is 1. The van der Waals surface area contributed by atoms with Crippen molar-refractivity contribution in [2.24, 2.45) is 5.92 Å². The number of ether oxygens (including phenoxy) is 1. The molecule has 4 rings (SSSR count). The minimum Gasteiger partial charge on any atom is -0.481 e. The van der Waals surface area contributed by atoms with Gasteiger partial charge in [0.05, 0.1) is 5.92 Å². The highest BCUT2D eigenvalue weighted by atomic mass is 16.5. The largest absolute Gasteiger partial charge is 0.481 e. The van der Waals surface area contributed by atoms with Crippen LogP contribution in [-0.2, 0) is 14.3 Å². The third-order valence-corrected chi connectivity index (χ3v) is 6.87. The van der Waals surface area contributed by atoms with E-state index in [0.717, 1.165) is 25.7 Å². The molecule has 2 atom stereocenters. The summed E-state index contributed by atoms with van der Waals surface area (Å²) in [5.74, 6) is -1.35. The van der Waals surface area contributed by atoms with Crippen molar-refractivity contribution >= 4 is 18.0 Å². The number of benzene rings is 2. The van der Waals surface area contributed by atoms with Gasteiger partial charge in [0.15, 0.2) is 0 Å². The van der Waals surface area contributed by atoms with Crippen molar-refractivity contribution in [1.82, 2.24) is 10.6 Å². The van der Waals surface area contributed by atoms with Gasteiger partial charge in [-0.2, -0.15) is 0 Å². The number of carboxylic acids is 1. The zero-order valence-electron chi connectivity index (χ0n) is 19.3. The molecule has 0 bridgehead atoms. The summed E-state index contributed by atoms with van der Waals surface area (Å²) in [6, 6.07) is 16.2. The van der Waals surface area contributed by atoms with E-state index < -0.39 is 18.0 Å². The lowest BCUT2D eigenvalue weighted by Gasteiger charge is -2.17. The first kappa shape index (κ1) is 23.8. The highest BCUT2D eigenvalue weighted by molar-refractivity contribution is 5.79. The van der Waals surface area contributed by atoms with Crippen molar-refractivity contribution in [1.29, 1.82) is 0 Å². The summed E-state index contributed by atoms with van der Waals surface area (Å²) in [5.41, 5.74) is 4.76. The average Bonchev–Trinajstić information content (AvgIpc) is 3.42. The Hall–Kier alpha value is -3.35. The van der Waals surface area contributed by atoms with Gasteiger partial charge in [0.1, 0.15) is 6.61 Å². The molecule has 0 unspecified atom stereocenters. The van der Waals surface area contributed by atoms with Crippen LogP contribution in [-0.4, -0.2) is 42.3 Å². The second kappa shape index (κ2) is 11.2. The molecule has 0 aromatic heterocycles. The summed E-state index contributed by atoms with van der Waals surface area (Å²) in [4.78, 5) is 35.5. The average molecular weight is 465 g/mol. The number of rotatable bonds is 10. The predicted molar refractivity (Wildman–Crippen MR) is 128 cm³/mol. The summed E-state index contributed by atoms with van der Waals surface area (Å²) >= 11 is 0. The number of unbranched alkanes of at least 4 members (excludes halogenated alkanes) is 2. The van der Waals surface area contributed by atoms with Gasteiger partial charge in [-0.3, -0.25) is 9.59 Å². The number of nitrogens with one attached hydrogen (secondary N) is 2. The van der Waals surface area contributed by atoms with Crippen LogP contribution in [0.1, 0.15) is 62.0 Å². The van der Waals surface area contributed by atoms with Gasteiger partial charge >= 0.3 is 12.1 Å². The number of carbonyl (C=O) groups is 3. The van der Waals surface area contributed by atoms with E-state index in [4.69, 9.17) is 4.74 Å². The van der Waals surface area contributed by atoms with Gasteiger partial charge in [-0.25, -0.2) is 4.79 Å². The zero-order chi connectivity index (χ0) is 23.9. The monoisotopic (exact) mass is 464 g/mol. The van der Waals surface area contributed by atoms with E-state index in [-0.39, 0.29) is 17.9 Å². The first-order valence-electron chi connectivity index (χ1n) is 12.2. The third kappa shape index (κ3) is 5.58. The van der Waals surface area contributed by atoms with Crippen molar-refractivity contribution < 1.29 is 24.2 Å². The van der Waals surface area contributed by atoms with Crippen molar-refractivity contribution in [2.75, 3.05) is 13.2 Å². The van der Waals surface area contributed by atoms with E-state index in [9.17, 15) is 19.5 Å². The lowest BCUT2D eigenvalue weighted by atomic mass is 9.98. The summed E-state index contributed by atoms with van der Waals surface area (Å²) in [6.07, 6.45) is 4.37. The van der Waals surface area contributed by atoms with Crippen molar-refractivity contribution in [3.8, 4) is 11.1 Å². The summed E-state index contributed by atoms with van der Waals surface area (Å²) in [5, 5.41) is 14.9. The van der Waals surface area contributed by atoms with Crippen LogP contribution in [0.2, 0.25) is 0 Å². The fourth-order valence-corrected chi connectivity index (χ4v) is 5.13. The van der Waals surface area contributed by atoms with Gasteiger partial charge < -0.3 is 20.5 Å². The number of alkyl carbamates (subject to hydrolysis) is 1. The molecule has 3 N–H and O–H groups in total. The predicted octanol–water partition coefficient (Wildman–Crippen LogP) is 4.46. The maximum atomic E-state index is 12.2. The smallest absolute Gasteiger partial charge is 0.407 e. The van der Waals surface area contributed by atoms with E-state index >= 15 is 0 Å². The van der Waals surface area contributed by atoms with Crippen LogP contribution in [0.4, 0.5) is 4.79 Å². The van der Waals surface area contributed by atoms with Gasteiger partial charge in [0.25, 0.3) is 0 Å². The van der Waals surface area contributed by atoms with Crippen molar-refractivity contribution in [3.63, 3.8) is 0 Å². The Morgan fingerprint density at radius 1 is 0.912 bits per heavy atom. The van der Waals surface area contributed by atoms with E-state index in [1.54, 1.807) is 0 Å². The van der Waals surface area contributed by atoms with E-state index in [0.29, 0.717) is 32.4 Å². The SMILES string of the molecule is O=C(CCCCCNC(=O)OCC1c2ccccc2-c2ccccc21)N[C@@H]1CCC[C@@H]1C(=O)O. The quantitative estimate of drug-likeness (QED) is 0.451. The second-order valence-corrected chi connectivity index (χ2v) is 9.11. The van der Waals surface area contributed by atoms with Crippen LogP contribution >= 0.6 is 0 Å². The third-order valence-electron chi connectivity index (χ3n) is 6.87. The summed E-state index contributed by atoms with van der Waals surface area (Å²) < 4.78 is 5.53. The number of fused-ring (bicyclic) bond motifs is 3. The number of carbonyl (C=O) groups excluding carboxylic acids is 2. The van der Waals surface area contributed by atoms with E-state index in [1.807, 2.05) is 24.3 Å². The minimum absolute atomic E-state index is 0.0391. The molecule has 0 aliphatic heterocycles. The fourth-order valence-electron chi connectivity index (χ4n) is 5.13. The standard InChI is InChI=1S/C27H32N2O5/c30-25(29-24-14-8-13-22(24)26(31)32)15-2-1-7-16-28-27(33)34-17-23-20-11-5-3-9-18(20)19-10-4-6-12-21(19)23/h3-6,9-12,22-24H,1-2,7-8,13-17H2,(H,28,33)(H,29,30)(H,31,32)/t22-,24+/m0/s1. The normalized spacial score (nSPS) is 18.7. The first-order valence-corrected chi connectivity index (χ1v) is 12.2. The Balaban J connectivity index is 1.12. The zero-order valence-corrected chi connectivity index (χ0v) is 19.3. The Morgan fingerprint density at radius 3 is 2.26 bits per heavy atom. The molecular formula is C27H32N2O5. The number of amides is 2. The van der Waals surface area contributed by atoms with Gasteiger partial charge in [-0.15, -0.1) is 0 Å². The van der Waals surface area contributed by atoms with Crippen molar-refractivity contribution in [2.45, 2.75) is 56.9 Å². The minimum atomic E-state index is -0.831. The Labute approximate surface area is 199 Å².